The van der Waals surface area contributed by atoms with Gasteiger partial charge in [0.2, 0.25) is 0 Å². The van der Waals surface area contributed by atoms with E-state index in [1.807, 2.05) is 6.07 Å². The van der Waals surface area contributed by atoms with Gasteiger partial charge in [-0.2, -0.15) is 0 Å². The second kappa shape index (κ2) is 5.00. The molecule has 1 atom stereocenters. The molecule has 0 aromatic heterocycles. The van der Waals surface area contributed by atoms with Crippen molar-refractivity contribution in [3.8, 4) is 0 Å². The van der Waals surface area contributed by atoms with Crippen LogP contribution in [-0.4, -0.2) is 5.11 Å². The lowest BCUT2D eigenvalue weighted by Gasteiger charge is -2.25. The molecule has 0 saturated heterocycles. The van der Waals surface area contributed by atoms with Crippen LogP contribution >= 0.6 is 27.5 Å². The summed E-state index contributed by atoms with van der Waals surface area (Å²) >= 11 is 9.37. The van der Waals surface area contributed by atoms with Gasteiger partial charge >= 0.3 is 0 Å². The van der Waals surface area contributed by atoms with Crippen molar-refractivity contribution < 1.29 is 9.50 Å². The second-order valence-corrected chi connectivity index (χ2v) is 5.53. The first kappa shape index (κ1) is 13.5. The first-order valence-electron chi connectivity index (χ1n) is 5.35. The molecule has 0 heterocycles. The summed E-state index contributed by atoms with van der Waals surface area (Å²) < 4.78 is 14.1. The third-order valence-electron chi connectivity index (χ3n) is 2.84. The monoisotopic (exact) mass is 328 g/mol. The molecule has 0 aliphatic carbocycles. The molecule has 1 nitrogen and oxygen atoms in total. The Morgan fingerprint density at radius 3 is 2.61 bits per heavy atom. The fraction of sp³-hybridized carbons (Fsp3) is 0.143. The van der Waals surface area contributed by atoms with Gasteiger partial charge in [0.05, 0.1) is 0 Å². The van der Waals surface area contributed by atoms with Crippen molar-refractivity contribution in [2.24, 2.45) is 0 Å². The van der Waals surface area contributed by atoms with Crippen molar-refractivity contribution in [3.63, 3.8) is 0 Å². The maximum atomic E-state index is 13.3. The van der Waals surface area contributed by atoms with E-state index in [0.717, 1.165) is 4.47 Å². The molecule has 1 N–H and O–H groups in total. The maximum absolute atomic E-state index is 13.3. The van der Waals surface area contributed by atoms with Crippen molar-refractivity contribution >= 4 is 27.5 Å². The lowest BCUT2D eigenvalue weighted by molar-refractivity contribution is 0.102. The van der Waals surface area contributed by atoms with E-state index in [2.05, 4.69) is 15.9 Å². The van der Waals surface area contributed by atoms with Crippen LogP contribution in [0.2, 0.25) is 5.02 Å². The van der Waals surface area contributed by atoms with Crippen molar-refractivity contribution in [2.75, 3.05) is 0 Å². The number of rotatable bonds is 2. The van der Waals surface area contributed by atoms with Crippen LogP contribution in [0.5, 0.6) is 0 Å². The van der Waals surface area contributed by atoms with Crippen molar-refractivity contribution in [2.45, 2.75) is 12.5 Å². The summed E-state index contributed by atoms with van der Waals surface area (Å²) in [6.45, 7) is 1.59. The van der Waals surface area contributed by atoms with E-state index >= 15 is 0 Å². The molecule has 0 amide bonds. The van der Waals surface area contributed by atoms with Gasteiger partial charge in [-0.05, 0) is 42.8 Å². The molecule has 0 spiro atoms. The van der Waals surface area contributed by atoms with E-state index in [0.29, 0.717) is 16.1 Å². The molecule has 4 heteroatoms. The average molecular weight is 330 g/mol. The SMILES string of the molecule is CC(O)(c1cccc(Br)c1)c1cc(F)ccc1Cl. The predicted octanol–water partition coefficient (Wildman–Crippen LogP) is 4.50. The van der Waals surface area contributed by atoms with E-state index in [9.17, 15) is 9.50 Å². The standard InChI is InChI=1S/C14H11BrClFO/c1-14(18,9-3-2-4-10(15)7-9)12-8-11(17)5-6-13(12)16/h2-8,18H,1H3. The van der Waals surface area contributed by atoms with Gasteiger partial charge in [0.25, 0.3) is 0 Å². The first-order chi connectivity index (χ1) is 8.41. The Hall–Kier alpha value is -0.900. The molecule has 0 fully saturated rings. The number of hydrogen-bond acceptors (Lipinski definition) is 1. The molecule has 0 bridgehead atoms. The summed E-state index contributed by atoms with van der Waals surface area (Å²) in [5, 5.41) is 10.9. The third kappa shape index (κ3) is 2.58. The minimum atomic E-state index is -1.34. The largest absolute Gasteiger partial charge is 0.381 e. The van der Waals surface area contributed by atoms with Crippen LogP contribution in [0.15, 0.2) is 46.9 Å². The lowest BCUT2D eigenvalue weighted by atomic mass is 9.88. The number of halogens is 3. The van der Waals surface area contributed by atoms with Gasteiger partial charge in [-0.1, -0.05) is 39.7 Å². The van der Waals surface area contributed by atoms with Crippen LogP contribution in [-0.2, 0) is 5.60 Å². The molecule has 0 aliphatic rings. The molecule has 2 rings (SSSR count). The Bertz CT molecular complexity index is 584. The summed E-state index contributed by atoms with van der Waals surface area (Å²) in [6.07, 6.45) is 0. The van der Waals surface area contributed by atoms with Gasteiger partial charge in [-0.15, -0.1) is 0 Å². The minimum absolute atomic E-state index is 0.335. The number of aliphatic hydroxyl groups is 1. The highest BCUT2D eigenvalue weighted by Gasteiger charge is 2.28. The van der Waals surface area contributed by atoms with E-state index in [-0.39, 0.29) is 0 Å². The minimum Gasteiger partial charge on any atom is -0.381 e. The molecular formula is C14H11BrClFO. The topological polar surface area (TPSA) is 20.2 Å². The normalized spacial score (nSPS) is 14.3. The van der Waals surface area contributed by atoms with Crippen LogP contribution in [0.4, 0.5) is 4.39 Å². The summed E-state index contributed by atoms with van der Waals surface area (Å²) in [7, 11) is 0. The number of benzene rings is 2. The fourth-order valence-electron chi connectivity index (χ4n) is 1.82. The molecule has 1 unspecified atom stereocenters. The molecule has 0 aliphatic heterocycles. The highest BCUT2D eigenvalue weighted by Crippen LogP contribution is 2.35. The zero-order valence-electron chi connectivity index (χ0n) is 9.62. The molecule has 2 aromatic rings. The van der Waals surface area contributed by atoms with Gasteiger partial charge in [-0.3, -0.25) is 0 Å². The number of hydrogen-bond donors (Lipinski definition) is 1. The third-order valence-corrected chi connectivity index (χ3v) is 3.66. The molecule has 0 radical (unpaired) electrons. The Balaban J connectivity index is 2.57. The summed E-state index contributed by atoms with van der Waals surface area (Å²) in [5.41, 5.74) is -0.352. The van der Waals surface area contributed by atoms with E-state index in [1.165, 1.54) is 18.2 Å². The fourth-order valence-corrected chi connectivity index (χ4v) is 2.52. The van der Waals surface area contributed by atoms with Crippen LogP contribution in [0, 0.1) is 5.82 Å². The van der Waals surface area contributed by atoms with E-state index in [4.69, 9.17) is 11.6 Å². The highest BCUT2D eigenvalue weighted by atomic mass is 79.9. The first-order valence-corrected chi connectivity index (χ1v) is 6.52. The Morgan fingerprint density at radius 1 is 1.22 bits per heavy atom. The molecular weight excluding hydrogens is 319 g/mol. The smallest absolute Gasteiger partial charge is 0.123 e. The summed E-state index contributed by atoms with van der Waals surface area (Å²) in [6, 6.07) is 11.2. The van der Waals surface area contributed by atoms with Gasteiger partial charge in [0, 0.05) is 15.1 Å². The summed E-state index contributed by atoms with van der Waals surface area (Å²) in [4.78, 5) is 0. The second-order valence-electron chi connectivity index (χ2n) is 4.21. The van der Waals surface area contributed by atoms with Crippen LogP contribution in [0.25, 0.3) is 0 Å². The quantitative estimate of drug-likeness (QED) is 0.860. The Kier molecular flexibility index (Phi) is 3.76. The lowest BCUT2D eigenvalue weighted by Crippen LogP contribution is -2.23. The summed E-state index contributed by atoms with van der Waals surface area (Å²) in [5.74, 6) is -0.426. The Labute approximate surface area is 118 Å². The maximum Gasteiger partial charge on any atom is 0.123 e. The van der Waals surface area contributed by atoms with Gasteiger partial charge in [0.15, 0.2) is 0 Å². The zero-order chi connectivity index (χ0) is 13.3. The molecule has 94 valence electrons. The Morgan fingerprint density at radius 2 is 1.94 bits per heavy atom. The van der Waals surface area contributed by atoms with Gasteiger partial charge < -0.3 is 5.11 Å². The molecule has 2 aromatic carbocycles. The highest BCUT2D eigenvalue weighted by molar-refractivity contribution is 9.10. The van der Waals surface area contributed by atoms with Gasteiger partial charge in [0.1, 0.15) is 11.4 Å². The van der Waals surface area contributed by atoms with E-state index in [1.54, 1.807) is 25.1 Å². The van der Waals surface area contributed by atoms with Gasteiger partial charge in [-0.25, -0.2) is 4.39 Å². The molecule has 0 saturated carbocycles. The van der Waals surface area contributed by atoms with Crippen molar-refractivity contribution in [3.05, 3.63) is 68.9 Å². The van der Waals surface area contributed by atoms with Crippen molar-refractivity contribution in [1.29, 1.82) is 0 Å². The predicted molar refractivity (Wildman–Crippen MR) is 74.2 cm³/mol. The van der Waals surface area contributed by atoms with Crippen LogP contribution in [0.3, 0.4) is 0 Å². The van der Waals surface area contributed by atoms with Crippen molar-refractivity contribution in [1.82, 2.24) is 0 Å². The van der Waals surface area contributed by atoms with E-state index < -0.39 is 11.4 Å². The van der Waals surface area contributed by atoms with Crippen LogP contribution in [0.1, 0.15) is 18.1 Å². The van der Waals surface area contributed by atoms with Crippen LogP contribution < -0.4 is 0 Å². The average Bonchev–Trinajstić information content (AvgIpc) is 2.32. The molecule has 18 heavy (non-hydrogen) atoms. The zero-order valence-corrected chi connectivity index (χ0v) is 12.0.